The Labute approximate surface area is 109 Å². The van der Waals surface area contributed by atoms with Crippen LogP contribution in [0.2, 0.25) is 0 Å². The van der Waals surface area contributed by atoms with Crippen LogP contribution in [-0.4, -0.2) is 6.54 Å². The minimum absolute atomic E-state index is 0.0297. The predicted molar refractivity (Wildman–Crippen MR) is 69.4 cm³/mol. The quantitative estimate of drug-likeness (QED) is 0.833. The SMILES string of the molecule is Nc1c(F)cccc1NCCc1ccc(F)cc1F. The number of hydrogen-bond acceptors (Lipinski definition) is 2. The monoisotopic (exact) mass is 266 g/mol. The van der Waals surface area contributed by atoms with E-state index in [1.165, 1.54) is 24.3 Å². The molecule has 0 bridgehead atoms. The molecule has 0 fully saturated rings. The highest BCUT2D eigenvalue weighted by molar-refractivity contribution is 5.66. The average Bonchev–Trinajstić information content (AvgIpc) is 2.37. The third-order valence-electron chi connectivity index (χ3n) is 2.78. The summed E-state index contributed by atoms with van der Waals surface area (Å²) in [4.78, 5) is 0. The number of nitrogen functional groups attached to an aromatic ring is 1. The Bertz CT molecular complexity index is 585. The van der Waals surface area contributed by atoms with E-state index in [1.807, 2.05) is 0 Å². The maximum absolute atomic E-state index is 13.4. The second-order valence-electron chi connectivity index (χ2n) is 4.11. The maximum atomic E-state index is 13.4. The minimum atomic E-state index is -0.608. The van der Waals surface area contributed by atoms with Crippen molar-refractivity contribution >= 4 is 11.4 Å². The van der Waals surface area contributed by atoms with Crippen LogP contribution in [0.3, 0.4) is 0 Å². The van der Waals surface area contributed by atoms with Crippen LogP contribution in [0, 0.1) is 17.5 Å². The molecule has 0 saturated carbocycles. The summed E-state index contributed by atoms with van der Waals surface area (Å²) < 4.78 is 39.3. The van der Waals surface area contributed by atoms with Crippen LogP contribution in [0.5, 0.6) is 0 Å². The first kappa shape index (κ1) is 13.3. The molecule has 100 valence electrons. The van der Waals surface area contributed by atoms with Gasteiger partial charge in [0.1, 0.15) is 17.5 Å². The van der Waals surface area contributed by atoms with Crippen molar-refractivity contribution < 1.29 is 13.2 Å². The first-order chi connectivity index (χ1) is 9.08. The number of halogens is 3. The molecule has 0 heterocycles. The molecular formula is C14H13F3N2. The first-order valence-corrected chi connectivity index (χ1v) is 5.79. The predicted octanol–water partition coefficient (Wildman–Crippen LogP) is 3.34. The summed E-state index contributed by atoms with van der Waals surface area (Å²) in [6.45, 7) is 0.371. The lowest BCUT2D eigenvalue weighted by Crippen LogP contribution is -2.08. The summed E-state index contributed by atoms with van der Waals surface area (Å²) in [5, 5.41) is 2.92. The zero-order chi connectivity index (χ0) is 13.8. The fraction of sp³-hybridized carbons (Fsp3) is 0.143. The van der Waals surface area contributed by atoms with Gasteiger partial charge in [-0.3, -0.25) is 0 Å². The van der Waals surface area contributed by atoms with E-state index in [-0.39, 0.29) is 5.69 Å². The fourth-order valence-corrected chi connectivity index (χ4v) is 1.75. The van der Waals surface area contributed by atoms with Gasteiger partial charge in [-0.2, -0.15) is 0 Å². The van der Waals surface area contributed by atoms with Gasteiger partial charge in [0.25, 0.3) is 0 Å². The molecule has 2 nitrogen and oxygen atoms in total. The van der Waals surface area contributed by atoms with Gasteiger partial charge in [0.2, 0.25) is 0 Å². The Morgan fingerprint density at radius 3 is 2.53 bits per heavy atom. The van der Waals surface area contributed by atoms with Crippen molar-refractivity contribution in [3.63, 3.8) is 0 Å². The lowest BCUT2D eigenvalue weighted by Gasteiger charge is -2.10. The zero-order valence-electron chi connectivity index (χ0n) is 10.1. The molecule has 0 atom stereocenters. The molecule has 0 radical (unpaired) electrons. The van der Waals surface area contributed by atoms with E-state index in [2.05, 4.69) is 5.32 Å². The highest BCUT2D eigenvalue weighted by Gasteiger charge is 2.06. The Morgan fingerprint density at radius 2 is 1.79 bits per heavy atom. The molecule has 19 heavy (non-hydrogen) atoms. The van der Waals surface area contributed by atoms with E-state index in [1.54, 1.807) is 6.07 Å². The van der Waals surface area contributed by atoms with Crippen molar-refractivity contribution in [1.82, 2.24) is 0 Å². The van der Waals surface area contributed by atoms with Gasteiger partial charge in [-0.25, -0.2) is 13.2 Å². The molecular weight excluding hydrogens is 253 g/mol. The number of nitrogens with two attached hydrogens (primary N) is 1. The van der Waals surface area contributed by atoms with Crippen molar-refractivity contribution in [2.24, 2.45) is 0 Å². The molecule has 0 saturated heterocycles. The molecule has 0 aliphatic carbocycles. The third kappa shape index (κ3) is 3.19. The highest BCUT2D eigenvalue weighted by Crippen LogP contribution is 2.21. The van der Waals surface area contributed by atoms with E-state index in [9.17, 15) is 13.2 Å². The fourth-order valence-electron chi connectivity index (χ4n) is 1.75. The van der Waals surface area contributed by atoms with E-state index >= 15 is 0 Å². The smallest absolute Gasteiger partial charge is 0.148 e. The number of benzene rings is 2. The lowest BCUT2D eigenvalue weighted by molar-refractivity contribution is 0.572. The standard InChI is InChI=1S/C14H13F3N2/c15-10-5-4-9(12(17)8-10)6-7-19-13-3-1-2-11(16)14(13)18/h1-5,8,19H,6-7,18H2. The summed E-state index contributed by atoms with van der Waals surface area (Å²) >= 11 is 0. The Morgan fingerprint density at radius 1 is 1.00 bits per heavy atom. The van der Waals surface area contributed by atoms with Crippen LogP contribution < -0.4 is 11.1 Å². The van der Waals surface area contributed by atoms with Crippen LogP contribution in [0.1, 0.15) is 5.56 Å². The van der Waals surface area contributed by atoms with Crippen LogP contribution in [0.15, 0.2) is 36.4 Å². The molecule has 0 unspecified atom stereocenters. The third-order valence-corrected chi connectivity index (χ3v) is 2.78. The highest BCUT2D eigenvalue weighted by atomic mass is 19.1. The largest absolute Gasteiger partial charge is 0.395 e. The molecule has 2 aromatic carbocycles. The molecule has 2 aromatic rings. The zero-order valence-corrected chi connectivity index (χ0v) is 10.1. The van der Waals surface area contributed by atoms with Crippen molar-refractivity contribution in [1.29, 1.82) is 0 Å². The second kappa shape index (κ2) is 5.65. The van der Waals surface area contributed by atoms with Crippen LogP contribution in [0.25, 0.3) is 0 Å². The molecule has 0 aromatic heterocycles. The van der Waals surface area contributed by atoms with E-state index in [0.29, 0.717) is 24.2 Å². The van der Waals surface area contributed by atoms with Crippen LogP contribution in [-0.2, 0) is 6.42 Å². The van der Waals surface area contributed by atoms with Gasteiger partial charge < -0.3 is 11.1 Å². The van der Waals surface area contributed by atoms with Gasteiger partial charge in [0.05, 0.1) is 11.4 Å². The topological polar surface area (TPSA) is 38.0 Å². The Hall–Kier alpha value is -2.17. The molecule has 0 aliphatic heterocycles. The summed E-state index contributed by atoms with van der Waals surface area (Å²) in [6, 6.07) is 7.87. The van der Waals surface area contributed by atoms with E-state index in [0.717, 1.165) is 6.07 Å². The molecule has 2 rings (SSSR count). The van der Waals surface area contributed by atoms with Gasteiger partial charge >= 0.3 is 0 Å². The van der Waals surface area contributed by atoms with Crippen LogP contribution >= 0.6 is 0 Å². The Kier molecular flexibility index (Phi) is 3.94. The summed E-state index contributed by atoms with van der Waals surface area (Å²) in [5.41, 5.74) is 6.43. The summed E-state index contributed by atoms with van der Waals surface area (Å²) in [6.07, 6.45) is 0.349. The molecule has 0 aliphatic rings. The summed E-state index contributed by atoms with van der Waals surface area (Å²) in [5.74, 6) is -1.70. The Balaban J connectivity index is 1.98. The molecule has 5 heteroatoms. The average molecular weight is 266 g/mol. The van der Waals surface area contributed by atoms with Crippen molar-refractivity contribution in [2.75, 3.05) is 17.6 Å². The van der Waals surface area contributed by atoms with Gasteiger partial charge in [-0.15, -0.1) is 0 Å². The normalized spacial score (nSPS) is 10.5. The van der Waals surface area contributed by atoms with Crippen molar-refractivity contribution in [3.05, 3.63) is 59.4 Å². The van der Waals surface area contributed by atoms with Crippen LogP contribution in [0.4, 0.5) is 24.5 Å². The first-order valence-electron chi connectivity index (χ1n) is 5.79. The lowest BCUT2D eigenvalue weighted by atomic mass is 10.1. The van der Waals surface area contributed by atoms with Crippen molar-refractivity contribution in [2.45, 2.75) is 6.42 Å². The van der Waals surface area contributed by atoms with Gasteiger partial charge in [0.15, 0.2) is 0 Å². The van der Waals surface area contributed by atoms with E-state index < -0.39 is 17.5 Å². The second-order valence-corrected chi connectivity index (χ2v) is 4.11. The number of hydrogen-bond donors (Lipinski definition) is 2. The molecule has 0 spiro atoms. The maximum Gasteiger partial charge on any atom is 0.148 e. The van der Waals surface area contributed by atoms with Gasteiger partial charge in [0, 0.05) is 12.6 Å². The van der Waals surface area contributed by atoms with Gasteiger partial charge in [-0.1, -0.05) is 12.1 Å². The molecule has 0 amide bonds. The number of anilines is 2. The minimum Gasteiger partial charge on any atom is -0.395 e. The van der Waals surface area contributed by atoms with E-state index in [4.69, 9.17) is 5.73 Å². The number of para-hydroxylation sites is 1. The van der Waals surface area contributed by atoms with Gasteiger partial charge in [-0.05, 0) is 30.2 Å². The van der Waals surface area contributed by atoms with Crippen molar-refractivity contribution in [3.8, 4) is 0 Å². The number of nitrogens with one attached hydrogen (secondary N) is 1. The number of rotatable bonds is 4. The summed E-state index contributed by atoms with van der Waals surface area (Å²) in [7, 11) is 0. The molecule has 3 N–H and O–H groups in total.